The largest absolute Gasteiger partial charge is 0.0776 e. The first-order valence-corrected chi connectivity index (χ1v) is 7.10. The minimum atomic E-state index is 0. The Morgan fingerprint density at radius 2 is 1.06 bits per heavy atom. The van der Waals surface area contributed by atoms with E-state index in [2.05, 4.69) is 58.9 Å². The quantitative estimate of drug-likeness (QED) is 0.504. The molecule has 0 heterocycles. The first-order valence-electron chi connectivity index (χ1n) is 7.10. The van der Waals surface area contributed by atoms with E-state index in [-0.39, 0.29) is 7.43 Å². The zero-order valence-electron chi connectivity index (χ0n) is 13.6. The second kappa shape index (κ2) is 21.5. The Hall–Kier alpha value is -0.780. The maximum absolute atomic E-state index is 2.22. The summed E-state index contributed by atoms with van der Waals surface area (Å²) in [6.07, 6.45) is 1.31. The number of rotatable bonds is 1. The molecule has 0 fully saturated rings. The molecule has 18 heavy (non-hydrogen) atoms. The van der Waals surface area contributed by atoms with Gasteiger partial charge in [0, 0.05) is 0 Å². The molecule has 0 saturated heterocycles. The van der Waals surface area contributed by atoms with E-state index in [1.165, 1.54) is 17.5 Å². The molecule has 0 aliphatic rings. The number of hydrogen-bond donors (Lipinski definition) is 0. The van der Waals surface area contributed by atoms with E-state index in [0.717, 1.165) is 5.92 Å². The standard InChI is InChI=1S/C8H10.C5H12.2C2H6.CH4/c1-7-5-3-4-6-8(7)2;1-4-5(2)3;2*1-2;/h3-6H,1-2H3;5H,4H2,1-3H3;2*1-2H3;1H4. The molecule has 0 atom stereocenters. The van der Waals surface area contributed by atoms with Crippen molar-refractivity contribution in [1.82, 2.24) is 0 Å². The highest BCUT2D eigenvalue weighted by Gasteiger charge is 1.83. The Balaban J connectivity index is -0.0000000863. The molecular formula is C18H38. The van der Waals surface area contributed by atoms with Crippen LogP contribution in [0.3, 0.4) is 0 Å². The third kappa shape index (κ3) is 20.6. The minimum absolute atomic E-state index is 0. The van der Waals surface area contributed by atoms with Crippen LogP contribution in [0.25, 0.3) is 0 Å². The monoisotopic (exact) mass is 254 g/mol. The van der Waals surface area contributed by atoms with Gasteiger partial charge in [0.1, 0.15) is 0 Å². The smallest absolute Gasteiger partial charge is 0.0395 e. The number of aryl methyl sites for hydroxylation is 2. The van der Waals surface area contributed by atoms with Crippen LogP contribution in [0.2, 0.25) is 0 Å². The Labute approximate surface area is 118 Å². The van der Waals surface area contributed by atoms with E-state index in [9.17, 15) is 0 Å². The molecule has 1 aromatic carbocycles. The summed E-state index contributed by atoms with van der Waals surface area (Å²) in [5.41, 5.74) is 2.74. The van der Waals surface area contributed by atoms with E-state index >= 15 is 0 Å². The lowest BCUT2D eigenvalue weighted by atomic mass is 10.1. The number of benzene rings is 1. The van der Waals surface area contributed by atoms with Crippen molar-refractivity contribution in [2.75, 3.05) is 0 Å². The zero-order chi connectivity index (χ0) is 14.3. The van der Waals surface area contributed by atoms with Gasteiger partial charge in [0.15, 0.2) is 0 Å². The summed E-state index contributed by atoms with van der Waals surface area (Å²) in [6, 6.07) is 8.36. The van der Waals surface area contributed by atoms with Crippen LogP contribution in [0.5, 0.6) is 0 Å². The van der Waals surface area contributed by atoms with Crippen molar-refractivity contribution in [3.63, 3.8) is 0 Å². The summed E-state index contributed by atoms with van der Waals surface area (Å²) in [7, 11) is 0. The van der Waals surface area contributed by atoms with E-state index in [0.29, 0.717) is 0 Å². The van der Waals surface area contributed by atoms with Crippen LogP contribution in [0.4, 0.5) is 0 Å². The molecule has 0 aliphatic carbocycles. The Morgan fingerprint density at radius 1 is 0.833 bits per heavy atom. The molecule has 0 aromatic heterocycles. The molecule has 1 aromatic rings. The number of hydrogen-bond acceptors (Lipinski definition) is 0. The second-order valence-electron chi connectivity index (χ2n) is 3.89. The fourth-order valence-corrected chi connectivity index (χ4v) is 0.663. The van der Waals surface area contributed by atoms with Gasteiger partial charge in [0.25, 0.3) is 0 Å². The molecule has 0 heteroatoms. The molecule has 0 radical (unpaired) electrons. The molecule has 0 aliphatic heterocycles. The SMILES string of the molecule is C.CC.CC.CCC(C)C.Cc1ccccc1C. The van der Waals surface area contributed by atoms with Crippen molar-refractivity contribution >= 4 is 0 Å². The van der Waals surface area contributed by atoms with E-state index in [1.807, 2.05) is 27.7 Å². The van der Waals surface area contributed by atoms with Crippen molar-refractivity contribution in [1.29, 1.82) is 0 Å². The molecule has 110 valence electrons. The van der Waals surface area contributed by atoms with Gasteiger partial charge in [-0.15, -0.1) is 0 Å². The second-order valence-corrected chi connectivity index (χ2v) is 3.89. The van der Waals surface area contributed by atoms with Gasteiger partial charge in [0.05, 0.1) is 0 Å². The van der Waals surface area contributed by atoms with E-state index < -0.39 is 0 Å². The fourth-order valence-electron chi connectivity index (χ4n) is 0.663. The predicted octanol–water partition coefficient (Wildman–Crippen LogP) is 7.04. The third-order valence-corrected chi connectivity index (χ3v) is 2.24. The summed E-state index contributed by atoms with van der Waals surface area (Å²) < 4.78 is 0. The van der Waals surface area contributed by atoms with Crippen LogP contribution in [0.1, 0.15) is 73.4 Å². The fraction of sp³-hybridized carbons (Fsp3) is 0.667. The predicted molar refractivity (Wildman–Crippen MR) is 90.5 cm³/mol. The van der Waals surface area contributed by atoms with Gasteiger partial charge < -0.3 is 0 Å². The van der Waals surface area contributed by atoms with Gasteiger partial charge >= 0.3 is 0 Å². The summed E-state index contributed by atoms with van der Waals surface area (Å²) >= 11 is 0. The normalized spacial score (nSPS) is 7.44. The Bertz CT molecular complexity index is 202. The molecule has 0 amide bonds. The van der Waals surface area contributed by atoms with Gasteiger partial charge in [0.2, 0.25) is 0 Å². The van der Waals surface area contributed by atoms with Crippen LogP contribution >= 0.6 is 0 Å². The van der Waals surface area contributed by atoms with E-state index in [1.54, 1.807) is 0 Å². The molecular weight excluding hydrogens is 216 g/mol. The third-order valence-electron chi connectivity index (χ3n) is 2.24. The van der Waals surface area contributed by atoms with Crippen LogP contribution in [-0.2, 0) is 0 Å². The van der Waals surface area contributed by atoms with E-state index in [4.69, 9.17) is 0 Å². The average molecular weight is 255 g/mol. The maximum Gasteiger partial charge on any atom is -0.0395 e. The van der Waals surface area contributed by atoms with Crippen LogP contribution in [0.15, 0.2) is 24.3 Å². The van der Waals surface area contributed by atoms with Gasteiger partial charge in [-0.05, 0) is 30.9 Å². The highest BCUT2D eigenvalue weighted by Crippen LogP contribution is 2.02. The highest BCUT2D eigenvalue weighted by molar-refractivity contribution is 5.23. The van der Waals surface area contributed by atoms with Crippen molar-refractivity contribution < 1.29 is 0 Å². The van der Waals surface area contributed by atoms with Crippen molar-refractivity contribution in [3.8, 4) is 0 Å². The molecule has 0 spiro atoms. The first-order chi connectivity index (χ1) is 8.07. The van der Waals surface area contributed by atoms with Crippen molar-refractivity contribution in [2.45, 2.75) is 76.2 Å². The molecule has 0 N–H and O–H groups in total. The maximum atomic E-state index is 2.22. The molecule has 0 nitrogen and oxygen atoms in total. The zero-order valence-corrected chi connectivity index (χ0v) is 13.6. The minimum Gasteiger partial charge on any atom is -0.0776 e. The van der Waals surface area contributed by atoms with Gasteiger partial charge in [-0.1, -0.05) is 86.6 Å². The van der Waals surface area contributed by atoms with Crippen LogP contribution in [0, 0.1) is 19.8 Å². The summed E-state index contributed by atoms with van der Waals surface area (Å²) in [5.74, 6) is 0.884. The molecule has 0 bridgehead atoms. The van der Waals surface area contributed by atoms with Crippen LogP contribution < -0.4 is 0 Å². The Kier molecular flexibility index (Phi) is 31.0. The first kappa shape index (κ1) is 25.9. The lowest BCUT2D eigenvalue weighted by Crippen LogP contribution is -1.77. The molecule has 0 unspecified atom stereocenters. The summed E-state index contributed by atoms with van der Waals surface area (Å²) in [6.45, 7) is 18.9. The lowest BCUT2D eigenvalue weighted by Gasteiger charge is -1.93. The van der Waals surface area contributed by atoms with Gasteiger partial charge in [-0.2, -0.15) is 0 Å². The van der Waals surface area contributed by atoms with Crippen molar-refractivity contribution in [2.24, 2.45) is 5.92 Å². The van der Waals surface area contributed by atoms with Gasteiger partial charge in [-0.3, -0.25) is 0 Å². The average Bonchev–Trinajstić information content (AvgIpc) is 2.38. The Morgan fingerprint density at radius 3 is 1.17 bits per heavy atom. The lowest BCUT2D eigenvalue weighted by molar-refractivity contribution is 0.626. The molecule has 1 rings (SSSR count). The summed E-state index contributed by atoms with van der Waals surface area (Å²) in [4.78, 5) is 0. The topological polar surface area (TPSA) is 0 Å². The van der Waals surface area contributed by atoms with Gasteiger partial charge in [-0.25, -0.2) is 0 Å². The highest BCUT2D eigenvalue weighted by atomic mass is 13.9. The van der Waals surface area contributed by atoms with Crippen molar-refractivity contribution in [3.05, 3.63) is 35.4 Å². The summed E-state index contributed by atoms with van der Waals surface area (Å²) in [5, 5.41) is 0. The van der Waals surface area contributed by atoms with Crippen LogP contribution in [-0.4, -0.2) is 0 Å². The molecule has 0 saturated carbocycles.